The van der Waals surface area contributed by atoms with Crippen molar-refractivity contribution < 1.29 is 33.0 Å². The standard InChI is InChI=1S/C23H22F2N2O5/c24-23(25,21(29)30)12-27-20(28)18-9-13(18)10-26-22(31)32-11-19-16-7-3-1-5-14(16)15-6-2-4-8-17(15)19/h1-8,13,18-19H,9-12H2,(H,26,31)(H,27,28)(H,29,30)/t13-,18-/m1/s1. The van der Waals surface area contributed by atoms with Crippen LogP contribution in [0.2, 0.25) is 0 Å². The van der Waals surface area contributed by atoms with Gasteiger partial charge in [0.05, 0.1) is 6.54 Å². The first-order valence-corrected chi connectivity index (χ1v) is 10.3. The second-order valence-corrected chi connectivity index (χ2v) is 8.04. The molecule has 2 amide bonds. The van der Waals surface area contributed by atoms with Gasteiger partial charge in [-0.3, -0.25) is 4.79 Å². The molecular formula is C23H22F2N2O5. The molecule has 1 fully saturated rings. The molecular weight excluding hydrogens is 422 g/mol. The summed E-state index contributed by atoms with van der Waals surface area (Å²) in [4.78, 5) is 34.4. The number of carbonyl (C=O) groups is 3. The van der Waals surface area contributed by atoms with Gasteiger partial charge in [-0.05, 0) is 34.6 Å². The van der Waals surface area contributed by atoms with E-state index in [1.807, 2.05) is 53.8 Å². The average molecular weight is 444 g/mol. The van der Waals surface area contributed by atoms with Crippen LogP contribution in [0.25, 0.3) is 11.1 Å². The molecule has 2 aromatic carbocycles. The maximum atomic E-state index is 13.1. The fourth-order valence-corrected chi connectivity index (χ4v) is 4.06. The van der Waals surface area contributed by atoms with Crippen LogP contribution in [-0.2, 0) is 14.3 Å². The van der Waals surface area contributed by atoms with Gasteiger partial charge >= 0.3 is 18.0 Å². The van der Waals surface area contributed by atoms with Crippen molar-refractivity contribution in [3.05, 3.63) is 59.7 Å². The van der Waals surface area contributed by atoms with E-state index < -0.39 is 36.4 Å². The van der Waals surface area contributed by atoms with Crippen LogP contribution in [0, 0.1) is 11.8 Å². The zero-order chi connectivity index (χ0) is 22.9. The van der Waals surface area contributed by atoms with Gasteiger partial charge in [-0.2, -0.15) is 8.78 Å². The molecule has 4 rings (SSSR count). The van der Waals surface area contributed by atoms with E-state index in [2.05, 4.69) is 5.32 Å². The molecule has 3 N–H and O–H groups in total. The Hall–Kier alpha value is -3.49. The summed E-state index contributed by atoms with van der Waals surface area (Å²) in [5.41, 5.74) is 4.44. The van der Waals surface area contributed by atoms with Crippen LogP contribution in [0.3, 0.4) is 0 Å². The van der Waals surface area contributed by atoms with Gasteiger partial charge in [0.15, 0.2) is 0 Å². The van der Waals surface area contributed by atoms with Crippen molar-refractivity contribution >= 4 is 18.0 Å². The van der Waals surface area contributed by atoms with Crippen LogP contribution >= 0.6 is 0 Å². The Morgan fingerprint density at radius 1 is 1.00 bits per heavy atom. The van der Waals surface area contributed by atoms with E-state index in [0.29, 0.717) is 6.42 Å². The molecule has 2 aliphatic carbocycles. The largest absolute Gasteiger partial charge is 0.477 e. The van der Waals surface area contributed by atoms with E-state index in [1.165, 1.54) is 0 Å². The number of amides is 2. The van der Waals surface area contributed by atoms with E-state index in [4.69, 9.17) is 9.84 Å². The topological polar surface area (TPSA) is 105 Å². The molecule has 1 saturated carbocycles. The number of benzene rings is 2. The van der Waals surface area contributed by atoms with Crippen molar-refractivity contribution in [2.24, 2.45) is 11.8 Å². The summed E-state index contributed by atoms with van der Waals surface area (Å²) in [5, 5.41) is 12.9. The van der Waals surface area contributed by atoms with Crippen LogP contribution in [0.15, 0.2) is 48.5 Å². The van der Waals surface area contributed by atoms with Crippen molar-refractivity contribution in [2.45, 2.75) is 18.3 Å². The lowest BCUT2D eigenvalue weighted by Gasteiger charge is -2.14. The second kappa shape index (κ2) is 8.57. The molecule has 168 valence electrons. The summed E-state index contributed by atoms with van der Waals surface area (Å²) in [5.74, 6) is -7.75. The molecule has 0 spiro atoms. The zero-order valence-electron chi connectivity index (χ0n) is 17.0. The van der Waals surface area contributed by atoms with Crippen molar-refractivity contribution in [1.82, 2.24) is 10.6 Å². The lowest BCUT2D eigenvalue weighted by Crippen LogP contribution is -2.43. The third-order valence-electron chi connectivity index (χ3n) is 5.91. The number of fused-ring (bicyclic) bond motifs is 3. The van der Waals surface area contributed by atoms with E-state index in [0.717, 1.165) is 22.3 Å². The maximum Gasteiger partial charge on any atom is 0.407 e. The number of hydrogen-bond acceptors (Lipinski definition) is 4. The fraction of sp³-hybridized carbons (Fsp3) is 0.348. The highest BCUT2D eigenvalue weighted by Crippen LogP contribution is 2.44. The lowest BCUT2D eigenvalue weighted by atomic mass is 9.98. The number of nitrogens with one attached hydrogen (secondary N) is 2. The third kappa shape index (κ3) is 4.42. The number of halogens is 2. The second-order valence-electron chi connectivity index (χ2n) is 8.04. The van der Waals surface area contributed by atoms with E-state index in [-0.39, 0.29) is 25.0 Å². The molecule has 0 saturated heterocycles. The summed E-state index contributed by atoms with van der Waals surface area (Å²) < 4.78 is 31.5. The first-order valence-electron chi connectivity index (χ1n) is 10.3. The van der Waals surface area contributed by atoms with Crippen LogP contribution in [-0.4, -0.2) is 48.7 Å². The molecule has 9 heteroatoms. The summed E-state index contributed by atoms with van der Waals surface area (Å²) in [7, 11) is 0. The van der Waals surface area contributed by atoms with E-state index in [9.17, 15) is 23.2 Å². The van der Waals surface area contributed by atoms with Crippen LogP contribution in [0.1, 0.15) is 23.5 Å². The molecule has 32 heavy (non-hydrogen) atoms. The molecule has 0 radical (unpaired) electrons. The van der Waals surface area contributed by atoms with Gasteiger partial charge in [-0.1, -0.05) is 48.5 Å². The predicted octanol–water partition coefficient (Wildman–Crippen LogP) is 3.00. The number of hydrogen-bond donors (Lipinski definition) is 3. The smallest absolute Gasteiger partial charge is 0.407 e. The number of alkyl halides is 2. The van der Waals surface area contributed by atoms with Crippen LogP contribution in [0.5, 0.6) is 0 Å². The van der Waals surface area contributed by atoms with Crippen LogP contribution in [0.4, 0.5) is 13.6 Å². The molecule has 2 aliphatic rings. The average Bonchev–Trinajstić information content (AvgIpc) is 3.50. The lowest BCUT2D eigenvalue weighted by molar-refractivity contribution is -0.164. The maximum absolute atomic E-state index is 13.1. The predicted molar refractivity (Wildman–Crippen MR) is 110 cm³/mol. The Bertz CT molecular complexity index is 1010. The van der Waals surface area contributed by atoms with Gasteiger partial charge in [0.2, 0.25) is 5.91 Å². The number of aliphatic carboxylic acids is 1. The summed E-state index contributed by atoms with van der Waals surface area (Å²) in [6, 6.07) is 15.9. The minimum absolute atomic E-state index is 0.0662. The third-order valence-corrected chi connectivity index (χ3v) is 5.91. The van der Waals surface area contributed by atoms with Crippen molar-refractivity contribution in [3.63, 3.8) is 0 Å². The molecule has 2 atom stereocenters. The minimum Gasteiger partial charge on any atom is -0.477 e. The Labute approximate surface area is 182 Å². The zero-order valence-corrected chi connectivity index (χ0v) is 17.0. The van der Waals surface area contributed by atoms with Gasteiger partial charge in [0.1, 0.15) is 6.61 Å². The van der Waals surface area contributed by atoms with E-state index in [1.54, 1.807) is 0 Å². The van der Waals surface area contributed by atoms with Gasteiger partial charge < -0.3 is 20.5 Å². The Balaban J connectivity index is 1.23. The molecule has 2 aromatic rings. The van der Waals surface area contributed by atoms with Crippen molar-refractivity contribution in [2.75, 3.05) is 19.7 Å². The minimum atomic E-state index is -4.01. The first kappa shape index (κ1) is 21.7. The SMILES string of the molecule is O=C(NC[C@H]1C[C@H]1C(=O)NCC(F)(F)C(=O)O)OCC1c2ccccc2-c2ccccc21. The van der Waals surface area contributed by atoms with Gasteiger partial charge in [-0.25, -0.2) is 9.59 Å². The highest BCUT2D eigenvalue weighted by atomic mass is 19.3. The monoisotopic (exact) mass is 444 g/mol. The highest BCUT2D eigenvalue weighted by Gasteiger charge is 2.45. The summed E-state index contributed by atoms with van der Waals surface area (Å²) in [6.07, 6.45) is -0.191. The quantitative estimate of drug-likeness (QED) is 0.581. The highest BCUT2D eigenvalue weighted by molar-refractivity contribution is 5.83. The molecule has 0 aliphatic heterocycles. The number of alkyl carbamates (subject to hydrolysis) is 1. The number of carbonyl (C=O) groups excluding carboxylic acids is 2. The van der Waals surface area contributed by atoms with Crippen molar-refractivity contribution in [1.29, 1.82) is 0 Å². The Morgan fingerprint density at radius 3 is 2.19 bits per heavy atom. The van der Waals surface area contributed by atoms with Gasteiger partial charge in [-0.15, -0.1) is 0 Å². The van der Waals surface area contributed by atoms with Gasteiger partial charge in [0, 0.05) is 18.4 Å². The van der Waals surface area contributed by atoms with Gasteiger partial charge in [0.25, 0.3) is 0 Å². The molecule has 0 bridgehead atoms. The molecule has 0 aromatic heterocycles. The number of ether oxygens (including phenoxy) is 1. The summed E-state index contributed by atoms with van der Waals surface area (Å²) in [6.45, 7) is -0.924. The first-order chi connectivity index (χ1) is 15.3. The normalized spacial score (nSPS) is 18.9. The van der Waals surface area contributed by atoms with E-state index >= 15 is 0 Å². The Kier molecular flexibility index (Phi) is 5.82. The molecule has 0 unspecified atom stereocenters. The molecule has 7 nitrogen and oxygen atoms in total. The van der Waals surface area contributed by atoms with Crippen molar-refractivity contribution in [3.8, 4) is 11.1 Å². The Morgan fingerprint density at radius 2 is 1.59 bits per heavy atom. The molecule has 0 heterocycles. The summed E-state index contributed by atoms with van der Waals surface area (Å²) >= 11 is 0. The number of rotatable bonds is 8. The number of carboxylic acid groups (broad SMARTS) is 1. The number of carboxylic acids is 1. The fourth-order valence-electron chi connectivity index (χ4n) is 4.06. The van der Waals surface area contributed by atoms with Crippen LogP contribution < -0.4 is 10.6 Å².